The molecule has 0 saturated heterocycles. The van der Waals surface area contributed by atoms with Crippen molar-refractivity contribution in [3.05, 3.63) is 73.9 Å². The number of hydrogen-bond acceptors (Lipinski definition) is 2. The Hall–Kier alpha value is -2.11. The summed E-state index contributed by atoms with van der Waals surface area (Å²) in [6.45, 7) is 0. The SMILES string of the molecule is O=C(Nc1cccc(Cl)c1)c1cc(=O)[nH]c2cc(Br)ccc12. The molecule has 22 heavy (non-hydrogen) atoms. The van der Waals surface area contributed by atoms with Crippen molar-refractivity contribution < 1.29 is 4.79 Å². The van der Waals surface area contributed by atoms with Gasteiger partial charge in [-0.3, -0.25) is 9.59 Å². The van der Waals surface area contributed by atoms with Crippen LogP contribution in [0.1, 0.15) is 10.4 Å². The van der Waals surface area contributed by atoms with E-state index in [9.17, 15) is 9.59 Å². The molecule has 3 aromatic rings. The number of aromatic amines is 1. The van der Waals surface area contributed by atoms with E-state index in [1.165, 1.54) is 6.07 Å². The molecule has 6 heteroatoms. The number of benzene rings is 2. The van der Waals surface area contributed by atoms with Crippen LogP contribution >= 0.6 is 27.5 Å². The molecule has 0 aliphatic carbocycles. The zero-order valence-electron chi connectivity index (χ0n) is 11.2. The maximum absolute atomic E-state index is 12.5. The molecule has 1 heterocycles. The highest BCUT2D eigenvalue weighted by Crippen LogP contribution is 2.21. The van der Waals surface area contributed by atoms with Crippen LogP contribution in [-0.2, 0) is 0 Å². The summed E-state index contributed by atoms with van der Waals surface area (Å²) in [5.41, 5.74) is 1.15. The third-order valence-electron chi connectivity index (χ3n) is 3.13. The van der Waals surface area contributed by atoms with Gasteiger partial charge in [-0.25, -0.2) is 0 Å². The minimum Gasteiger partial charge on any atom is -0.322 e. The Morgan fingerprint density at radius 1 is 1.14 bits per heavy atom. The second-order valence-corrected chi connectivity index (χ2v) is 6.05. The molecule has 2 aromatic carbocycles. The van der Waals surface area contributed by atoms with Crippen LogP contribution in [0.4, 0.5) is 5.69 Å². The number of anilines is 1. The lowest BCUT2D eigenvalue weighted by Gasteiger charge is -2.08. The van der Waals surface area contributed by atoms with Gasteiger partial charge in [0.1, 0.15) is 0 Å². The van der Waals surface area contributed by atoms with Gasteiger partial charge in [-0.1, -0.05) is 39.7 Å². The lowest BCUT2D eigenvalue weighted by Crippen LogP contribution is -2.16. The highest BCUT2D eigenvalue weighted by molar-refractivity contribution is 9.10. The number of aromatic nitrogens is 1. The second kappa shape index (κ2) is 5.94. The van der Waals surface area contributed by atoms with Gasteiger partial charge in [0.25, 0.3) is 5.91 Å². The Balaban J connectivity index is 2.05. The summed E-state index contributed by atoms with van der Waals surface area (Å²) in [7, 11) is 0. The van der Waals surface area contributed by atoms with Crippen molar-refractivity contribution in [1.29, 1.82) is 0 Å². The lowest BCUT2D eigenvalue weighted by molar-refractivity contribution is 0.102. The van der Waals surface area contributed by atoms with Crippen molar-refractivity contribution >= 4 is 50.0 Å². The summed E-state index contributed by atoms with van der Waals surface area (Å²) in [5.74, 6) is -0.360. The first-order chi connectivity index (χ1) is 10.5. The van der Waals surface area contributed by atoms with Gasteiger partial charge in [-0.05, 0) is 30.3 Å². The number of carbonyl (C=O) groups is 1. The molecular weight excluding hydrogens is 368 g/mol. The number of H-pyrrole nitrogens is 1. The average Bonchev–Trinajstić information content (AvgIpc) is 2.45. The molecule has 0 atom stereocenters. The van der Waals surface area contributed by atoms with E-state index in [0.29, 0.717) is 27.2 Å². The quantitative estimate of drug-likeness (QED) is 0.703. The van der Waals surface area contributed by atoms with Gasteiger partial charge in [0.05, 0.1) is 11.1 Å². The Bertz CT molecular complexity index is 937. The summed E-state index contributed by atoms with van der Waals surface area (Å²) in [5, 5.41) is 3.94. The lowest BCUT2D eigenvalue weighted by atomic mass is 10.1. The molecule has 3 rings (SSSR count). The summed E-state index contributed by atoms with van der Waals surface area (Å²) < 4.78 is 0.822. The first kappa shape index (κ1) is 14.8. The number of amides is 1. The normalized spacial score (nSPS) is 10.6. The van der Waals surface area contributed by atoms with Crippen LogP contribution in [0.25, 0.3) is 10.9 Å². The number of pyridine rings is 1. The Morgan fingerprint density at radius 3 is 2.73 bits per heavy atom. The number of hydrogen-bond donors (Lipinski definition) is 2. The molecule has 0 spiro atoms. The largest absolute Gasteiger partial charge is 0.322 e. The zero-order chi connectivity index (χ0) is 15.7. The predicted molar refractivity (Wildman–Crippen MR) is 91.7 cm³/mol. The number of carbonyl (C=O) groups excluding carboxylic acids is 1. The highest BCUT2D eigenvalue weighted by Gasteiger charge is 2.12. The van der Waals surface area contributed by atoms with Crippen LogP contribution in [0.15, 0.2) is 57.8 Å². The van der Waals surface area contributed by atoms with E-state index in [4.69, 9.17) is 11.6 Å². The van der Waals surface area contributed by atoms with Crippen molar-refractivity contribution in [3.63, 3.8) is 0 Å². The van der Waals surface area contributed by atoms with E-state index in [-0.39, 0.29) is 11.5 Å². The molecule has 0 bridgehead atoms. The smallest absolute Gasteiger partial charge is 0.256 e. The minimum absolute atomic E-state index is 0.311. The Morgan fingerprint density at radius 2 is 1.95 bits per heavy atom. The number of nitrogens with one attached hydrogen (secondary N) is 2. The van der Waals surface area contributed by atoms with Crippen LogP contribution in [0.3, 0.4) is 0 Å². The minimum atomic E-state index is -0.360. The molecule has 0 radical (unpaired) electrons. The molecule has 0 saturated carbocycles. The molecule has 2 N–H and O–H groups in total. The molecular formula is C16H10BrClN2O2. The number of halogens is 2. The topological polar surface area (TPSA) is 62.0 Å². The van der Waals surface area contributed by atoms with Gasteiger partial charge in [0.2, 0.25) is 5.56 Å². The molecule has 0 fully saturated rings. The number of fused-ring (bicyclic) bond motifs is 1. The Kier molecular flexibility index (Phi) is 4.00. The van der Waals surface area contributed by atoms with Crippen molar-refractivity contribution in [3.8, 4) is 0 Å². The van der Waals surface area contributed by atoms with E-state index >= 15 is 0 Å². The van der Waals surface area contributed by atoms with Crippen LogP contribution in [0.2, 0.25) is 5.02 Å². The van der Waals surface area contributed by atoms with Crippen LogP contribution in [0.5, 0.6) is 0 Å². The standard InChI is InChI=1S/C16H10BrClN2O2/c17-9-4-5-12-13(8-15(21)20-14(12)6-9)16(22)19-11-3-1-2-10(18)7-11/h1-8H,(H,19,22)(H,20,21). The van der Waals surface area contributed by atoms with E-state index in [0.717, 1.165) is 4.47 Å². The van der Waals surface area contributed by atoms with E-state index in [1.54, 1.807) is 36.4 Å². The summed E-state index contributed by atoms with van der Waals surface area (Å²) in [6, 6.07) is 13.5. The maximum Gasteiger partial charge on any atom is 0.256 e. The van der Waals surface area contributed by atoms with Gasteiger partial charge in [-0.15, -0.1) is 0 Å². The fourth-order valence-electron chi connectivity index (χ4n) is 2.18. The fraction of sp³-hybridized carbons (Fsp3) is 0. The van der Waals surface area contributed by atoms with Crippen LogP contribution < -0.4 is 10.9 Å². The molecule has 4 nitrogen and oxygen atoms in total. The monoisotopic (exact) mass is 376 g/mol. The molecule has 0 unspecified atom stereocenters. The van der Waals surface area contributed by atoms with Gasteiger partial charge in [-0.2, -0.15) is 0 Å². The summed E-state index contributed by atoms with van der Waals surface area (Å²) in [4.78, 5) is 26.9. The molecule has 0 aliphatic rings. The van der Waals surface area contributed by atoms with Crippen LogP contribution in [-0.4, -0.2) is 10.9 Å². The summed E-state index contributed by atoms with van der Waals surface area (Å²) >= 11 is 9.24. The van der Waals surface area contributed by atoms with E-state index in [2.05, 4.69) is 26.2 Å². The molecule has 1 aromatic heterocycles. The maximum atomic E-state index is 12.5. The van der Waals surface area contributed by atoms with Gasteiger partial charge in [0, 0.05) is 26.6 Å². The third kappa shape index (κ3) is 3.05. The number of rotatable bonds is 2. The van der Waals surface area contributed by atoms with Crippen molar-refractivity contribution in [1.82, 2.24) is 4.98 Å². The molecule has 110 valence electrons. The zero-order valence-corrected chi connectivity index (χ0v) is 13.5. The van der Waals surface area contributed by atoms with Crippen molar-refractivity contribution in [2.75, 3.05) is 5.32 Å². The van der Waals surface area contributed by atoms with Crippen molar-refractivity contribution in [2.45, 2.75) is 0 Å². The van der Waals surface area contributed by atoms with Gasteiger partial charge >= 0.3 is 0 Å². The fourth-order valence-corrected chi connectivity index (χ4v) is 2.74. The van der Waals surface area contributed by atoms with Crippen molar-refractivity contribution in [2.24, 2.45) is 0 Å². The Labute approximate surface area is 139 Å². The predicted octanol–water partition coefficient (Wildman–Crippen LogP) is 4.20. The second-order valence-electron chi connectivity index (χ2n) is 4.70. The first-order valence-corrected chi connectivity index (χ1v) is 7.59. The van der Waals surface area contributed by atoms with Crippen LogP contribution in [0, 0.1) is 0 Å². The molecule has 1 amide bonds. The first-order valence-electron chi connectivity index (χ1n) is 6.42. The van der Waals surface area contributed by atoms with E-state index < -0.39 is 0 Å². The van der Waals surface area contributed by atoms with E-state index in [1.807, 2.05) is 6.07 Å². The molecule has 0 aliphatic heterocycles. The van der Waals surface area contributed by atoms with Gasteiger partial charge < -0.3 is 10.3 Å². The highest BCUT2D eigenvalue weighted by atomic mass is 79.9. The average molecular weight is 378 g/mol. The summed E-state index contributed by atoms with van der Waals surface area (Å²) in [6.07, 6.45) is 0. The third-order valence-corrected chi connectivity index (χ3v) is 3.86. The van der Waals surface area contributed by atoms with Gasteiger partial charge in [0.15, 0.2) is 0 Å².